The number of anilines is 2. The lowest BCUT2D eigenvalue weighted by Crippen LogP contribution is -2.51. The Hall–Kier alpha value is -3.20. The van der Waals surface area contributed by atoms with Gasteiger partial charge in [-0.2, -0.15) is 0 Å². The van der Waals surface area contributed by atoms with Gasteiger partial charge in [0.15, 0.2) is 5.96 Å². The minimum Gasteiger partial charge on any atom is -0.478 e. The number of rotatable bonds is 8. The molecular formula is C21H28N6O3. The fraction of sp³-hybridized carbons (Fsp3) is 0.429. The van der Waals surface area contributed by atoms with Crippen molar-refractivity contribution in [2.45, 2.75) is 13.3 Å². The van der Waals surface area contributed by atoms with Crippen LogP contribution in [0.2, 0.25) is 0 Å². The van der Waals surface area contributed by atoms with Crippen molar-refractivity contribution in [3.05, 3.63) is 48.3 Å². The van der Waals surface area contributed by atoms with E-state index in [-0.39, 0.29) is 5.56 Å². The number of hydrogen-bond donors (Lipinski definition) is 2. The summed E-state index contributed by atoms with van der Waals surface area (Å²) >= 11 is 0. The van der Waals surface area contributed by atoms with Crippen molar-refractivity contribution < 1.29 is 14.6 Å². The lowest BCUT2D eigenvalue weighted by Gasteiger charge is -2.36. The fourth-order valence-corrected chi connectivity index (χ4v) is 3.11. The van der Waals surface area contributed by atoms with Crippen molar-refractivity contribution in [2.24, 2.45) is 4.99 Å². The molecule has 1 aliphatic heterocycles. The first-order valence-corrected chi connectivity index (χ1v) is 10.2. The SMILES string of the molecule is CCOCCCN=C(Nc1ccc(C(=O)O)cc1)N1CCN(c2ncccn2)CC1. The predicted octanol–water partition coefficient (Wildman–Crippen LogP) is 2.19. The lowest BCUT2D eigenvalue weighted by atomic mass is 10.2. The average molecular weight is 412 g/mol. The Balaban J connectivity index is 1.65. The van der Waals surface area contributed by atoms with Gasteiger partial charge < -0.3 is 25.0 Å². The largest absolute Gasteiger partial charge is 0.478 e. The number of nitrogens with one attached hydrogen (secondary N) is 1. The van der Waals surface area contributed by atoms with E-state index in [1.807, 2.05) is 13.0 Å². The number of carboxylic acids is 1. The first-order valence-electron chi connectivity index (χ1n) is 10.2. The van der Waals surface area contributed by atoms with E-state index in [9.17, 15) is 4.79 Å². The Morgan fingerprint density at radius 1 is 1.17 bits per heavy atom. The Morgan fingerprint density at radius 2 is 1.87 bits per heavy atom. The van der Waals surface area contributed by atoms with Crippen LogP contribution in [0.25, 0.3) is 0 Å². The highest BCUT2D eigenvalue weighted by molar-refractivity contribution is 5.94. The Kier molecular flexibility index (Phi) is 7.96. The standard InChI is InChI=1S/C21H28N6O3/c1-2-30-16-4-11-24-21(25-18-7-5-17(6-8-18)19(28)29)27-14-12-26(13-15-27)20-22-9-3-10-23-20/h3,5-10H,2,4,11-16H2,1H3,(H,24,25)(H,28,29). The fourth-order valence-electron chi connectivity index (χ4n) is 3.11. The Morgan fingerprint density at radius 3 is 2.50 bits per heavy atom. The second kappa shape index (κ2) is 11.1. The minimum absolute atomic E-state index is 0.257. The molecule has 1 aromatic heterocycles. The molecule has 30 heavy (non-hydrogen) atoms. The third kappa shape index (κ3) is 6.15. The number of carbonyl (C=O) groups is 1. The second-order valence-electron chi connectivity index (χ2n) is 6.79. The zero-order valence-electron chi connectivity index (χ0n) is 17.2. The number of nitrogens with zero attached hydrogens (tertiary/aromatic N) is 5. The molecule has 9 nitrogen and oxygen atoms in total. The van der Waals surface area contributed by atoms with Crippen molar-refractivity contribution in [3.63, 3.8) is 0 Å². The summed E-state index contributed by atoms with van der Waals surface area (Å²) in [5.41, 5.74) is 1.06. The van der Waals surface area contributed by atoms with E-state index in [0.29, 0.717) is 19.8 Å². The molecule has 1 aromatic carbocycles. The zero-order chi connectivity index (χ0) is 21.2. The smallest absolute Gasteiger partial charge is 0.335 e. The van der Waals surface area contributed by atoms with E-state index in [2.05, 4.69) is 25.1 Å². The number of benzene rings is 1. The highest BCUT2D eigenvalue weighted by atomic mass is 16.5. The van der Waals surface area contributed by atoms with Gasteiger partial charge in [0, 0.05) is 64.0 Å². The van der Waals surface area contributed by atoms with Gasteiger partial charge >= 0.3 is 5.97 Å². The molecule has 2 heterocycles. The normalized spacial score (nSPS) is 14.6. The van der Waals surface area contributed by atoms with E-state index in [1.165, 1.54) is 0 Å². The minimum atomic E-state index is -0.939. The third-order valence-electron chi connectivity index (χ3n) is 4.71. The summed E-state index contributed by atoms with van der Waals surface area (Å²) in [7, 11) is 0. The van der Waals surface area contributed by atoms with Crippen LogP contribution < -0.4 is 10.2 Å². The average Bonchev–Trinajstić information content (AvgIpc) is 2.79. The van der Waals surface area contributed by atoms with E-state index in [4.69, 9.17) is 14.8 Å². The number of carboxylic acid groups (broad SMARTS) is 1. The molecule has 0 amide bonds. The van der Waals surface area contributed by atoms with Crippen molar-refractivity contribution in [3.8, 4) is 0 Å². The van der Waals surface area contributed by atoms with Crippen LogP contribution in [0.1, 0.15) is 23.7 Å². The van der Waals surface area contributed by atoms with Crippen molar-refractivity contribution in [2.75, 3.05) is 56.2 Å². The van der Waals surface area contributed by atoms with E-state index >= 15 is 0 Å². The summed E-state index contributed by atoms with van der Waals surface area (Å²) in [6.45, 7) is 7.16. The van der Waals surface area contributed by atoms with Gasteiger partial charge in [0.05, 0.1) is 5.56 Å². The monoisotopic (exact) mass is 412 g/mol. The molecule has 0 saturated carbocycles. The van der Waals surface area contributed by atoms with Crippen molar-refractivity contribution in [1.29, 1.82) is 0 Å². The van der Waals surface area contributed by atoms with Gasteiger partial charge in [0.1, 0.15) is 0 Å². The highest BCUT2D eigenvalue weighted by Crippen LogP contribution is 2.14. The predicted molar refractivity (Wildman–Crippen MR) is 116 cm³/mol. The summed E-state index contributed by atoms with van der Waals surface area (Å²) in [5.74, 6) is 0.582. The van der Waals surface area contributed by atoms with Gasteiger partial charge in [0.2, 0.25) is 5.95 Å². The molecule has 3 rings (SSSR count). The maximum absolute atomic E-state index is 11.1. The number of piperazine rings is 1. The number of aromatic carboxylic acids is 1. The molecule has 9 heteroatoms. The van der Waals surface area contributed by atoms with Gasteiger partial charge in [-0.25, -0.2) is 14.8 Å². The maximum atomic E-state index is 11.1. The van der Waals surface area contributed by atoms with Crippen LogP contribution in [0, 0.1) is 0 Å². The Bertz CT molecular complexity index is 820. The second-order valence-corrected chi connectivity index (χ2v) is 6.79. The van der Waals surface area contributed by atoms with E-state index < -0.39 is 5.97 Å². The highest BCUT2D eigenvalue weighted by Gasteiger charge is 2.21. The van der Waals surface area contributed by atoms with Crippen LogP contribution >= 0.6 is 0 Å². The summed E-state index contributed by atoms with van der Waals surface area (Å²) in [6, 6.07) is 8.50. The molecule has 2 N–H and O–H groups in total. The molecule has 0 spiro atoms. The molecule has 1 aliphatic rings. The van der Waals surface area contributed by atoms with Crippen LogP contribution in [0.5, 0.6) is 0 Å². The van der Waals surface area contributed by atoms with Gasteiger partial charge in [-0.05, 0) is 43.7 Å². The lowest BCUT2D eigenvalue weighted by molar-refractivity contribution is 0.0697. The molecule has 0 radical (unpaired) electrons. The van der Waals surface area contributed by atoms with Crippen molar-refractivity contribution in [1.82, 2.24) is 14.9 Å². The molecule has 0 atom stereocenters. The number of hydrogen-bond acceptors (Lipinski definition) is 6. The quantitative estimate of drug-likeness (QED) is 0.386. The molecule has 160 valence electrons. The molecule has 0 aliphatic carbocycles. The number of aliphatic imine (C=N–C) groups is 1. The Labute approximate surface area is 176 Å². The van der Waals surface area contributed by atoms with Gasteiger partial charge in [-0.3, -0.25) is 4.99 Å². The van der Waals surface area contributed by atoms with Crippen molar-refractivity contribution >= 4 is 23.6 Å². The molecule has 1 fully saturated rings. The van der Waals surface area contributed by atoms with E-state index in [0.717, 1.165) is 50.2 Å². The van der Waals surface area contributed by atoms with Gasteiger partial charge in [0.25, 0.3) is 0 Å². The molecule has 1 saturated heterocycles. The summed E-state index contributed by atoms with van der Waals surface area (Å²) in [5, 5.41) is 12.4. The molecular weight excluding hydrogens is 384 g/mol. The maximum Gasteiger partial charge on any atom is 0.335 e. The van der Waals surface area contributed by atoms with Crippen LogP contribution in [0.15, 0.2) is 47.7 Å². The van der Waals surface area contributed by atoms with Crippen LogP contribution in [0.3, 0.4) is 0 Å². The topological polar surface area (TPSA) is 103 Å². The van der Waals surface area contributed by atoms with Gasteiger partial charge in [-0.15, -0.1) is 0 Å². The molecule has 2 aromatic rings. The number of guanidine groups is 1. The van der Waals surface area contributed by atoms with Crippen LogP contribution in [-0.4, -0.2) is 77.8 Å². The number of ether oxygens (including phenoxy) is 1. The summed E-state index contributed by atoms with van der Waals surface area (Å²) < 4.78 is 5.40. The van der Waals surface area contributed by atoms with Crippen LogP contribution in [-0.2, 0) is 4.74 Å². The van der Waals surface area contributed by atoms with Gasteiger partial charge in [-0.1, -0.05) is 0 Å². The van der Waals surface area contributed by atoms with Crippen LogP contribution in [0.4, 0.5) is 11.6 Å². The number of aromatic nitrogens is 2. The zero-order valence-corrected chi connectivity index (χ0v) is 17.2. The van der Waals surface area contributed by atoms with E-state index in [1.54, 1.807) is 36.7 Å². The molecule has 0 bridgehead atoms. The third-order valence-corrected chi connectivity index (χ3v) is 4.71. The molecule has 0 unspecified atom stereocenters. The summed E-state index contributed by atoms with van der Waals surface area (Å²) in [6.07, 6.45) is 4.35. The summed E-state index contributed by atoms with van der Waals surface area (Å²) in [4.78, 5) is 28.8. The first kappa shape index (κ1) is 21.5. The first-order chi connectivity index (χ1) is 14.7.